The number of aromatic nitrogens is 1. The van der Waals surface area contributed by atoms with E-state index >= 15 is 0 Å². The molecule has 1 heterocycles. The van der Waals surface area contributed by atoms with E-state index in [-0.39, 0.29) is 16.5 Å². The molecule has 0 radical (unpaired) electrons. The average Bonchev–Trinajstić information content (AvgIpc) is 2.26. The molecule has 92 valence electrons. The van der Waals surface area contributed by atoms with E-state index in [1.165, 1.54) is 18.2 Å². The van der Waals surface area contributed by atoms with Crippen molar-refractivity contribution in [2.24, 2.45) is 0 Å². The number of pyridine rings is 1. The van der Waals surface area contributed by atoms with Gasteiger partial charge in [0.05, 0.1) is 16.7 Å². The topological polar surface area (TPSA) is 56.0 Å². The zero-order chi connectivity index (χ0) is 13.3. The third-order valence-corrected chi connectivity index (χ3v) is 2.52. The van der Waals surface area contributed by atoms with E-state index in [9.17, 15) is 14.5 Å². The van der Waals surface area contributed by atoms with Gasteiger partial charge in [0.2, 0.25) is 0 Å². The second-order valence-electron chi connectivity index (χ2n) is 3.81. The standard InChI is InChI=1S/C12H8ClFN2O2/c1-7-2-8(4-9(14)3-7)11-5-10(16(17)18)6-12(13)15-11/h2-6H,1H3. The number of benzene rings is 1. The van der Waals surface area contributed by atoms with Crippen LogP contribution in [0.2, 0.25) is 5.15 Å². The van der Waals surface area contributed by atoms with Gasteiger partial charge in [-0.1, -0.05) is 11.6 Å². The van der Waals surface area contributed by atoms with Gasteiger partial charge in [-0.25, -0.2) is 9.37 Å². The number of hydrogen-bond acceptors (Lipinski definition) is 3. The van der Waals surface area contributed by atoms with Gasteiger partial charge in [0, 0.05) is 11.6 Å². The molecule has 1 aromatic heterocycles. The molecule has 0 N–H and O–H groups in total. The van der Waals surface area contributed by atoms with Crippen molar-refractivity contribution in [3.05, 3.63) is 57.0 Å². The van der Waals surface area contributed by atoms with E-state index in [4.69, 9.17) is 11.6 Å². The minimum atomic E-state index is -0.566. The maximum atomic E-state index is 13.3. The second kappa shape index (κ2) is 4.70. The van der Waals surface area contributed by atoms with E-state index in [0.29, 0.717) is 11.1 Å². The van der Waals surface area contributed by atoms with Crippen LogP contribution in [0.4, 0.5) is 10.1 Å². The molecular formula is C12H8ClFN2O2. The van der Waals surface area contributed by atoms with Crippen LogP contribution in [-0.2, 0) is 0 Å². The molecule has 0 unspecified atom stereocenters. The summed E-state index contributed by atoms with van der Waals surface area (Å²) in [6, 6.07) is 6.72. The highest BCUT2D eigenvalue weighted by Gasteiger charge is 2.12. The van der Waals surface area contributed by atoms with Gasteiger partial charge in [0.25, 0.3) is 5.69 Å². The Kier molecular flexibility index (Phi) is 3.25. The number of rotatable bonds is 2. The molecular weight excluding hydrogens is 259 g/mol. The van der Waals surface area contributed by atoms with Gasteiger partial charge in [-0.2, -0.15) is 0 Å². The fourth-order valence-electron chi connectivity index (χ4n) is 1.62. The molecule has 0 bridgehead atoms. The van der Waals surface area contributed by atoms with E-state index in [1.54, 1.807) is 13.0 Å². The van der Waals surface area contributed by atoms with E-state index in [0.717, 1.165) is 6.07 Å². The summed E-state index contributed by atoms with van der Waals surface area (Å²) in [6.07, 6.45) is 0. The summed E-state index contributed by atoms with van der Waals surface area (Å²) in [6.45, 7) is 1.73. The largest absolute Gasteiger partial charge is 0.274 e. The smallest absolute Gasteiger partial charge is 0.258 e. The summed E-state index contributed by atoms with van der Waals surface area (Å²) < 4.78 is 13.3. The number of nitro groups is 1. The molecule has 0 spiro atoms. The van der Waals surface area contributed by atoms with Crippen LogP contribution in [0.15, 0.2) is 30.3 Å². The van der Waals surface area contributed by atoms with Crippen molar-refractivity contribution in [2.45, 2.75) is 6.92 Å². The van der Waals surface area contributed by atoms with Crippen molar-refractivity contribution in [3.63, 3.8) is 0 Å². The van der Waals surface area contributed by atoms with Gasteiger partial charge < -0.3 is 0 Å². The molecule has 2 rings (SSSR count). The monoisotopic (exact) mass is 266 g/mol. The Morgan fingerprint density at radius 2 is 2.00 bits per heavy atom. The Hall–Kier alpha value is -2.01. The molecule has 6 heteroatoms. The minimum absolute atomic E-state index is 0.00103. The molecule has 18 heavy (non-hydrogen) atoms. The summed E-state index contributed by atoms with van der Waals surface area (Å²) in [5, 5.41) is 10.7. The van der Waals surface area contributed by atoms with Crippen molar-refractivity contribution in [3.8, 4) is 11.3 Å². The molecule has 0 aliphatic carbocycles. The van der Waals surface area contributed by atoms with E-state index in [1.807, 2.05) is 0 Å². The molecule has 0 aliphatic rings. The van der Waals surface area contributed by atoms with E-state index in [2.05, 4.69) is 4.98 Å². The Morgan fingerprint density at radius 1 is 1.28 bits per heavy atom. The summed E-state index contributed by atoms with van der Waals surface area (Å²) in [5.41, 5.74) is 1.26. The normalized spacial score (nSPS) is 10.4. The molecule has 0 saturated carbocycles. The lowest BCUT2D eigenvalue weighted by atomic mass is 10.1. The van der Waals surface area contributed by atoms with Gasteiger partial charge in [-0.05, 0) is 30.7 Å². The first-order valence-corrected chi connectivity index (χ1v) is 5.43. The zero-order valence-electron chi connectivity index (χ0n) is 9.35. The minimum Gasteiger partial charge on any atom is -0.258 e. The number of halogens is 2. The number of nitrogens with zero attached hydrogens (tertiary/aromatic N) is 2. The molecule has 1 aromatic carbocycles. The Balaban J connectivity index is 2.59. The van der Waals surface area contributed by atoms with Crippen molar-refractivity contribution < 1.29 is 9.31 Å². The average molecular weight is 267 g/mol. The number of hydrogen-bond donors (Lipinski definition) is 0. The highest BCUT2D eigenvalue weighted by atomic mass is 35.5. The molecule has 0 aliphatic heterocycles. The predicted octanol–water partition coefficient (Wildman–Crippen LogP) is 3.76. The lowest BCUT2D eigenvalue weighted by Gasteiger charge is -2.03. The van der Waals surface area contributed by atoms with Crippen LogP contribution in [-0.4, -0.2) is 9.91 Å². The third-order valence-electron chi connectivity index (χ3n) is 2.33. The molecule has 2 aromatic rings. The number of aryl methyl sites for hydroxylation is 1. The second-order valence-corrected chi connectivity index (χ2v) is 4.19. The van der Waals surface area contributed by atoms with Crippen molar-refractivity contribution in [2.75, 3.05) is 0 Å². The maximum Gasteiger partial charge on any atom is 0.274 e. The fraction of sp³-hybridized carbons (Fsp3) is 0.0833. The van der Waals surface area contributed by atoms with Crippen LogP contribution in [0.25, 0.3) is 11.3 Å². The lowest BCUT2D eigenvalue weighted by Crippen LogP contribution is -1.92. The summed E-state index contributed by atoms with van der Waals surface area (Å²) in [5.74, 6) is -0.422. The molecule has 0 fully saturated rings. The van der Waals surface area contributed by atoms with Gasteiger partial charge in [-0.3, -0.25) is 10.1 Å². The summed E-state index contributed by atoms with van der Waals surface area (Å²) in [4.78, 5) is 14.1. The quantitative estimate of drug-likeness (QED) is 0.472. The van der Waals surface area contributed by atoms with Gasteiger partial charge >= 0.3 is 0 Å². The van der Waals surface area contributed by atoms with Crippen LogP contribution in [0.3, 0.4) is 0 Å². The first kappa shape index (κ1) is 12.4. The van der Waals surface area contributed by atoms with Crippen LogP contribution < -0.4 is 0 Å². The first-order chi connectivity index (χ1) is 8.45. The van der Waals surface area contributed by atoms with Gasteiger partial charge in [-0.15, -0.1) is 0 Å². The van der Waals surface area contributed by atoms with Gasteiger partial charge in [0.1, 0.15) is 11.0 Å². The third kappa shape index (κ3) is 2.62. The summed E-state index contributed by atoms with van der Waals surface area (Å²) >= 11 is 5.71. The fourth-order valence-corrected chi connectivity index (χ4v) is 1.82. The zero-order valence-corrected chi connectivity index (χ0v) is 10.1. The van der Waals surface area contributed by atoms with Crippen molar-refractivity contribution >= 4 is 17.3 Å². The van der Waals surface area contributed by atoms with Gasteiger partial charge in [0.15, 0.2) is 0 Å². The lowest BCUT2D eigenvalue weighted by molar-refractivity contribution is -0.384. The Bertz CT molecular complexity index is 611. The van der Waals surface area contributed by atoms with Crippen LogP contribution in [0.1, 0.15) is 5.56 Å². The van der Waals surface area contributed by atoms with Crippen LogP contribution in [0.5, 0.6) is 0 Å². The molecule has 0 atom stereocenters. The highest BCUT2D eigenvalue weighted by Crippen LogP contribution is 2.26. The molecule has 0 saturated heterocycles. The molecule has 0 amide bonds. The Labute approximate surface area is 107 Å². The van der Waals surface area contributed by atoms with Crippen molar-refractivity contribution in [1.29, 1.82) is 0 Å². The SMILES string of the molecule is Cc1cc(F)cc(-c2cc([N+](=O)[O-])cc(Cl)n2)c1. The summed E-state index contributed by atoms with van der Waals surface area (Å²) in [7, 11) is 0. The van der Waals surface area contributed by atoms with Crippen LogP contribution >= 0.6 is 11.6 Å². The first-order valence-electron chi connectivity index (χ1n) is 5.05. The van der Waals surface area contributed by atoms with Crippen molar-refractivity contribution in [1.82, 2.24) is 4.98 Å². The molecule has 4 nitrogen and oxygen atoms in total. The predicted molar refractivity (Wildman–Crippen MR) is 66.0 cm³/mol. The van der Waals surface area contributed by atoms with E-state index < -0.39 is 10.7 Å². The van der Waals surface area contributed by atoms with Crippen LogP contribution in [0, 0.1) is 22.9 Å². The highest BCUT2D eigenvalue weighted by molar-refractivity contribution is 6.29. The Morgan fingerprint density at radius 3 is 2.61 bits per heavy atom. The maximum absolute atomic E-state index is 13.3.